The van der Waals surface area contributed by atoms with Gasteiger partial charge in [0.2, 0.25) is 6.03 Å². The lowest BCUT2D eigenvalue weighted by molar-refractivity contribution is -0.216. The van der Waals surface area contributed by atoms with Gasteiger partial charge in [-0.2, -0.15) is 0 Å². The second-order valence-corrected chi connectivity index (χ2v) is 5.84. The van der Waals surface area contributed by atoms with E-state index in [1.54, 1.807) is 4.57 Å². The number of anilines is 1. The smallest absolute Gasteiger partial charge is 0.223 e. The lowest BCUT2D eigenvalue weighted by atomic mass is 10.4. The van der Waals surface area contributed by atoms with Crippen LogP contribution in [0.15, 0.2) is 12.7 Å². The Balaban J connectivity index is 0.00000161. The fraction of sp³-hybridized carbons (Fsp3) is 0.444. The molecule has 1 aliphatic rings. The SMILES string of the molecule is Nc1ncnc2c1ncn2CC1COC(P(=O)([O-])O)O1.[NH4+]. The third-order valence-corrected chi connectivity index (χ3v) is 3.63. The van der Waals surface area contributed by atoms with Gasteiger partial charge in [0, 0.05) is 0 Å². The van der Waals surface area contributed by atoms with Gasteiger partial charge >= 0.3 is 0 Å². The molecule has 2 aromatic heterocycles. The topological polar surface area (TPSA) is 185 Å². The molecule has 1 fully saturated rings. The highest BCUT2D eigenvalue weighted by Crippen LogP contribution is 2.41. The van der Waals surface area contributed by atoms with Crippen molar-refractivity contribution < 1.29 is 23.8 Å². The van der Waals surface area contributed by atoms with Gasteiger partial charge in [-0.1, -0.05) is 0 Å². The zero-order valence-electron chi connectivity index (χ0n) is 11.1. The molecule has 0 aromatic carbocycles. The molecule has 0 saturated carbocycles. The highest BCUT2D eigenvalue weighted by molar-refractivity contribution is 7.50. The second kappa shape index (κ2) is 5.64. The monoisotopic (exact) mass is 318 g/mol. The lowest BCUT2D eigenvalue weighted by Gasteiger charge is -2.21. The van der Waals surface area contributed by atoms with E-state index < -0.39 is 19.7 Å². The van der Waals surface area contributed by atoms with Gasteiger partial charge in [0.25, 0.3) is 0 Å². The Morgan fingerprint density at radius 3 is 2.95 bits per heavy atom. The van der Waals surface area contributed by atoms with Crippen LogP contribution in [0.25, 0.3) is 11.2 Å². The van der Waals surface area contributed by atoms with Crippen molar-refractivity contribution in [1.29, 1.82) is 0 Å². The molecule has 3 heterocycles. The van der Waals surface area contributed by atoms with Crippen LogP contribution in [0.5, 0.6) is 0 Å². The van der Waals surface area contributed by atoms with Crippen molar-refractivity contribution in [3.05, 3.63) is 12.7 Å². The number of hydrogen-bond donors (Lipinski definition) is 3. The molecule has 11 nitrogen and oxygen atoms in total. The second-order valence-electron chi connectivity index (χ2n) is 4.29. The Bertz CT molecular complexity index is 686. The van der Waals surface area contributed by atoms with Gasteiger partial charge < -0.3 is 40.3 Å². The van der Waals surface area contributed by atoms with E-state index in [0.717, 1.165) is 0 Å². The number of nitrogen functional groups attached to an aromatic ring is 1. The van der Waals surface area contributed by atoms with E-state index in [0.29, 0.717) is 11.2 Å². The summed E-state index contributed by atoms with van der Waals surface area (Å²) in [6.45, 7) is 0.307. The molecule has 21 heavy (non-hydrogen) atoms. The molecule has 1 aliphatic heterocycles. The Hall–Kier alpha value is -1.62. The number of imidazole rings is 1. The first-order valence-corrected chi connectivity index (χ1v) is 7.31. The quantitative estimate of drug-likeness (QED) is 0.598. The molecular formula is C9H15N6O5P. The summed E-state index contributed by atoms with van der Waals surface area (Å²) in [5, 5.41) is 0. The molecule has 3 rings (SSSR count). The minimum atomic E-state index is -4.66. The molecule has 0 spiro atoms. The largest absolute Gasteiger partial charge is 0.775 e. The zero-order chi connectivity index (χ0) is 14.3. The normalized spacial score (nSPS) is 24.7. The number of rotatable bonds is 3. The highest BCUT2D eigenvalue weighted by Gasteiger charge is 2.33. The van der Waals surface area contributed by atoms with E-state index >= 15 is 0 Å². The number of fused-ring (bicyclic) bond motifs is 1. The van der Waals surface area contributed by atoms with Crippen molar-refractivity contribution in [2.75, 3.05) is 12.3 Å². The van der Waals surface area contributed by atoms with Gasteiger partial charge in [0.15, 0.2) is 19.1 Å². The van der Waals surface area contributed by atoms with Crippen molar-refractivity contribution >= 4 is 24.6 Å². The summed E-state index contributed by atoms with van der Waals surface area (Å²) in [5.74, 6) is 0.259. The lowest BCUT2D eigenvalue weighted by Crippen LogP contribution is -2.21. The first-order chi connectivity index (χ1) is 9.45. The van der Waals surface area contributed by atoms with Crippen LogP contribution < -0.4 is 16.8 Å². The third kappa shape index (κ3) is 3.02. The molecule has 0 radical (unpaired) electrons. The van der Waals surface area contributed by atoms with Crippen molar-refractivity contribution in [1.82, 2.24) is 25.7 Å². The van der Waals surface area contributed by atoms with Crippen LogP contribution >= 0.6 is 7.60 Å². The summed E-state index contributed by atoms with van der Waals surface area (Å²) in [5.41, 5.74) is 6.63. The number of nitrogens with two attached hydrogens (primary N) is 1. The molecule has 2 aromatic rings. The fourth-order valence-corrected chi connectivity index (χ4v) is 2.55. The maximum Gasteiger partial charge on any atom is 0.223 e. The summed E-state index contributed by atoms with van der Waals surface area (Å²) in [6, 6.07) is -1.62. The van der Waals surface area contributed by atoms with E-state index in [1.807, 2.05) is 0 Å². The average Bonchev–Trinajstić information content (AvgIpc) is 2.98. The Morgan fingerprint density at radius 1 is 1.52 bits per heavy atom. The first kappa shape index (κ1) is 15.8. The van der Waals surface area contributed by atoms with Crippen LogP contribution in [0.2, 0.25) is 0 Å². The number of ether oxygens (including phenoxy) is 2. The minimum absolute atomic E-state index is 0. The molecule has 0 aliphatic carbocycles. The molecule has 3 atom stereocenters. The average molecular weight is 318 g/mol. The number of quaternary nitrogens is 1. The summed E-state index contributed by atoms with van der Waals surface area (Å²) in [6.07, 6.45) is 2.27. The van der Waals surface area contributed by atoms with Gasteiger partial charge in [0.05, 0.1) is 19.5 Å². The van der Waals surface area contributed by atoms with E-state index in [9.17, 15) is 9.46 Å². The van der Waals surface area contributed by atoms with Crippen LogP contribution in [-0.4, -0.2) is 43.2 Å². The molecule has 0 amide bonds. The standard InChI is InChI=1S/C9H12N5O5P.H3N/c10-7-6-8(12-3-11-7)14(4-13-6)1-5-2-18-9(19-5)20(15,16)17;/h3-5,9H,1-2H2,(H2,10,11,12)(H2,15,16,17);1H3. The highest BCUT2D eigenvalue weighted by atomic mass is 31.2. The number of aromatic nitrogens is 4. The molecular weight excluding hydrogens is 303 g/mol. The van der Waals surface area contributed by atoms with Gasteiger partial charge in [-0.25, -0.2) is 15.0 Å². The van der Waals surface area contributed by atoms with E-state index in [1.165, 1.54) is 12.7 Å². The first-order valence-electron chi connectivity index (χ1n) is 5.67. The Kier molecular flexibility index (Phi) is 4.23. The summed E-state index contributed by atoms with van der Waals surface area (Å²) in [4.78, 5) is 31.7. The predicted octanol–water partition coefficient (Wildman–Crippen LogP) is -0.971. The number of hydrogen-bond acceptors (Lipinski definition) is 8. The van der Waals surface area contributed by atoms with Gasteiger partial charge in [-0.15, -0.1) is 0 Å². The van der Waals surface area contributed by atoms with Crippen LogP contribution in [0.1, 0.15) is 0 Å². The Labute approximate surface area is 118 Å². The summed E-state index contributed by atoms with van der Waals surface area (Å²) in [7, 11) is -4.66. The fourth-order valence-electron chi connectivity index (χ4n) is 1.95. The van der Waals surface area contributed by atoms with Crippen molar-refractivity contribution in [2.24, 2.45) is 0 Å². The molecule has 1 saturated heterocycles. The summed E-state index contributed by atoms with van der Waals surface area (Å²) < 4.78 is 22.5. The van der Waals surface area contributed by atoms with E-state index in [-0.39, 0.29) is 25.1 Å². The van der Waals surface area contributed by atoms with E-state index in [4.69, 9.17) is 20.1 Å². The van der Waals surface area contributed by atoms with E-state index in [2.05, 4.69) is 15.0 Å². The van der Waals surface area contributed by atoms with Crippen LogP contribution in [0.3, 0.4) is 0 Å². The van der Waals surface area contributed by atoms with Gasteiger partial charge in [-0.05, 0) is 0 Å². The summed E-state index contributed by atoms with van der Waals surface area (Å²) >= 11 is 0. The van der Waals surface area contributed by atoms with Crippen LogP contribution in [0.4, 0.5) is 5.82 Å². The zero-order valence-corrected chi connectivity index (χ0v) is 12.0. The maximum absolute atomic E-state index is 10.9. The minimum Gasteiger partial charge on any atom is -0.775 e. The predicted molar refractivity (Wildman–Crippen MR) is 70.2 cm³/mol. The molecule has 116 valence electrons. The third-order valence-electron chi connectivity index (χ3n) is 2.83. The molecule has 7 N–H and O–H groups in total. The Morgan fingerprint density at radius 2 is 2.29 bits per heavy atom. The number of nitrogens with zero attached hydrogens (tertiary/aromatic N) is 4. The molecule has 0 bridgehead atoms. The van der Waals surface area contributed by atoms with Crippen molar-refractivity contribution in [3.8, 4) is 0 Å². The van der Waals surface area contributed by atoms with Crippen molar-refractivity contribution in [3.63, 3.8) is 0 Å². The molecule has 3 unspecified atom stereocenters. The van der Waals surface area contributed by atoms with Crippen LogP contribution in [-0.2, 0) is 20.6 Å². The van der Waals surface area contributed by atoms with Gasteiger partial charge in [0.1, 0.15) is 17.9 Å². The van der Waals surface area contributed by atoms with Crippen LogP contribution in [0, 0.1) is 0 Å². The van der Waals surface area contributed by atoms with Crippen molar-refractivity contribution in [2.45, 2.75) is 18.7 Å². The van der Waals surface area contributed by atoms with Gasteiger partial charge in [-0.3, -0.25) is 0 Å². The molecule has 12 heteroatoms. The maximum atomic E-state index is 10.9.